The number of hydrogen-bond donors (Lipinski definition) is 4. The molecule has 0 radical (unpaired) electrons. The minimum absolute atomic E-state index is 0.0134. The van der Waals surface area contributed by atoms with Gasteiger partial charge in [0.05, 0.1) is 33.0 Å². The van der Waals surface area contributed by atoms with Crippen molar-refractivity contribution in [1.82, 2.24) is 0 Å². The monoisotopic (exact) mass is 239 g/mol. The Morgan fingerprint density at radius 3 is 2.19 bits per heavy atom. The summed E-state index contributed by atoms with van der Waals surface area (Å²) in [4.78, 5) is 9.37. The van der Waals surface area contributed by atoms with Gasteiger partial charge in [-0.3, -0.25) is 4.79 Å². The number of carboxylic acid groups (broad SMARTS) is 1. The van der Waals surface area contributed by atoms with Crippen molar-refractivity contribution < 1.29 is 29.6 Å². The van der Waals surface area contributed by atoms with E-state index in [0.29, 0.717) is 19.8 Å². The minimum atomic E-state index is -0.923. The molecule has 0 amide bonds. The van der Waals surface area contributed by atoms with Crippen LogP contribution in [0.2, 0.25) is 0 Å². The predicted molar refractivity (Wildman–Crippen MR) is 56.8 cm³/mol. The van der Waals surface area contributed by atoms with Crippen molar-refractivity contribution in [2.24, 2.45) is 5.73 Å². The molecule has 0 heterocycles. The zero-order valence-corrected chi connectivity index (χ0v) is 9.46. The predicted octanol–water partition coefficient (Wildman–Crippen LogP) is -1.23. The molecule has 1 atom stereocenters. The van der Waals surface area contributed by atoms with Crippen LogP contribution in [-0.2, 0) is 14.3 Å². The molecule has 98 valence electrons. The maximum Gasteiger partial charge on any atom is 0.303 e. The van der Waals surface area contributed by atoms with Gasteiger partial charge < -0.3 is 30.5 Å². The molecule has 0 aliphatic rings. The molecule has 0 spiro atoms. The van der Waals surface area contributed by atoms with Crippen molar-refractivity contribution in [3.05, 3.63) is 0 Å². The third kappa shape index (κ3) is 23.2. The fourth-order valence-corrected chi connectivity index (χ4v) is 0.489. The van der Waals surface area contributed by atoms with Crippen LogP contribution in [0.15, 0.2) is 0 Å². The highest BCUT2D eigenvalue weighted by molar-refractivity contribution is 5.66. The van der Waals surface area contributed by atoms with Crippen LogP contribution in [0.4, 0.5) is 0 Å². The molecule has 0 aliphatic heterocycles. The lowest BCUT2D eigenvalue weighted by Gasteiger charge is -2.05. The number of hydrogen-bond acceptors (Lipinski definition) is 6. The first-order valence-electron chi connectivity index (χ1n) is 4.96. The van der Waals surface area contributed by atoms with Gasteiger partial charge in [0.2, 0.25) is 0 Å². The molecule has 0 aromatic heterocycles. The number of ether oxygens (including phenoxy) is 2. The van der Waals surface area contributed by atoms with Crippen molar-refractivity contribution in [1.29, 1.82) is 0 Å². The number of aliphatic hydroxyl groups is 2. The fraction of sp³-hybridized carbons (Fsp3) is 0.889. The average molecular weight is 239 g/mol. The van der Waals surface area contributed by atoms with Crippen LogP contribution in [0.3, 0.4) is 0 Å². The molecule has 0 fully saturated rings. The van der Waals surface area contributed by atoms with E-state index in [0.717, 1.165) is 0 Å². The second kappa shape index (κ2) is 14.3. The van der Waals surface area contributed by atoms with Crippen LogP contribution in [0.1, 0.15) is 13.3 Å². The fourth-order valence-electron chi connectivity index (χ4n) is 0.489. The van der Waals surface area contributed by atoms with Gasteiger partial charge in [-0.15, -0.1) is 0 Å². The van der Waals surface area contributed by atoms with E-state index in [1.165, 1.54) is 0 Å². The second-order valence-electron chi connectivity index (χ2n) is 2.73. The van der Waals surface area contributed by atoms with E-state index in [9.17, 15) is 4.79 Å². The smallest absolute Gasteiger partial charge is 0.303 e. The minimum Gasteiger partial charge on any atom is -0.481 e. The average Bonchev–Trinajstić information content (AvgIpc) is 2.23. The Bertz CT molecular complexity index is 153. The van der Waals surface area contributed by atoms with Gasteiger partial charge in [0, 0.05) is 6.42 Å². The standard InChI is InChI=1S/C6H15NO4.C3H6O2/c7-6(9)5-11-4-3-10-2-1-8;1-2-3(4)5/h6,8-9H,1-5,7H2;2H2,1H3,(H,4,5). The summed E-state index contributed by atoms with van der Waals surface area (Å²) in [6, 6.07) is 0. The van der Waals surface area contributed by atoms with Crippen molar-refractivity contribution >= 4 is 5.97 Å². The summed E-state index contributed by atoms with van der Waals surface area (Å²) < 4.78 is 9.73. The maximum absolute atomic E-state index is 9.37. The summed E-state index contributed by atoms with van der Waals surface area (Å²) in [5.41, 5.74) is 4.98. The third-order valence-corrected chi connectivity index (χ3v) is 1.20. The first-order chi connectivity index (χ1) is 7.54. The second-order valence-corrected chi connectivity index (χ2v) is 2.73. The van der Waals surface area contributed by atoms with Gasteiger partial charge in [0.25, 0.3) is 0 Å². The van der Waals surface area contributed by atoms with Crippen LogP contribution in [0.25, 0.3) is 0 Å². The highest BCUT2D eigenvalue weighted by Gasteiger charge is 1.94. The van der Waals surface area contributed by atoms with Crippen molar-refractivity contribution in [2.75, 3.05) is 33.0 Å². The molecule has 7 heteroatoms. The Morgan fingerprint density at radius 1 is 1.31 bits per heavy atom. The van der Waals surface area contributed by atoms with Crippen LogP contribution >= 0.6 is 0 Å². The number of carbonyl (C=O) groups is 1. The molecule has 1 unspecified atom stereocenters. The lowest BCUT2D eigenvalue weighted by molar-refractivity contribution is -0.136. The van der Waals surface area contributed by atoms with E-state index >= 15 is 0 Å². The van der Waals surface area contributed by atoms with Crippen LogP contribution in [-0.4, -0.2) is 60.6 Å². The van der Waals surface area contributed by atoms with Crippen molar-refractivity contribution in [2.45, 2.75) is 19.6 Å². The molecule has 0 rings (SSSR count). The third-order valence-electron chi connectivity index (χ3n) is 1.20. The molecular weight excluding hydrogens is 218 g/mol. The largest absolute Gasteiger partial charge is 0.481 e. The summed E-state index contributed by atoms with van der Waals surface area (Å²) in [7, 11) is 0. The lowest BCUT2D eigenvalue weighted by atomic mass is 10.5. The van der Waals surface area contributed by atoms with Gasteiger partial charge >= 0.3 is 5.97 Å². The summed E-state index contributed by atoms with van der Waals surface area (Å²) in [6.45, 7) is 2.83. The molecule has 16 heavy (non-hydrogen) atoms. The molecule has 7 nitrogen and oxygen atoms in total. The van der Waals surface area contributed by atoms with Gasteiger partial charge in [-0.25, -0.2) is 0 Å². The van der Waals surface area contributed by atoms with E-state index in [1.54, 1.807) is 6.92 Å². The number of rotatable bonds is 8. The molecule has 0 aromatic carbocycles. The van der Waals surface area contributed by atoms with Gasteiger partial charge in [0.15, 0.2) is 0 Å². The molecule has 5 N–H and O–H groups in total. The Labute approximate surface area is 94.8 Å². The normalized spacial score (nSPS) is 11.5. The first kappa shape index (κ1) is 17.7. The maximum atomic E-state index is 9.37. The summed E-state index contributed by atoms with van der Waals surface area (Å²) in [5.74, 6) is -0.745. The topological polar surface area (TPSA) is 122 Å². The summed E-state index contributed by atoms with van der Waals surface area (Å²) in [6.07, 6.45) is -0.701. The van der Waals surface area contributed by atoms with Crippen LogP contribution in [0.5, 0.6) is 0 Å². The molecular formula is C9H21NO6. The zero-order chi connectivity index (χ0) is 12.8. The van der Waals surface area contributed by atoms with Gasteiger partial charge in [-0.05, 0) is 0 Å². The van der Waals surface area contributed by atoms with E-state index in [4.69, 9.17) is 30.5 Å². The Hall–Kier alpha value is -0.730. The number of aliphatic hydroxyl groups excluding tert-OH is 2. The van der Waals surface area contributed by atoms with Crippen LogP contribution < -0.4 is 5.73 Å². The van der Waals surface area contributed by atoms with E-state index in [2.05, 4.69) is 0 Å². The molecule has 0 saturated carbocycles. The number of aliphatic carboxylic acids is 1. The zero-order valence-electron chi connectivity index (χ0n) is 9.46. The Morgan fingerprint density at radius 2 is 1.81 bits per heavy atom. The number of carboxylic acids is 1. The van der Waals surface area contributed by atoms with Crippen LogP contribution in [0, 0.1) is 0 Å². The van der Waals surface area contributed by atoms with Crippen molar-refractivity contribution in [3.63, 3.8) is 0 Å². The molecule has 0 aromatic rings. The van der Waals surface area contributed by atoms with Gasteiger partial charge in [-0.2, -0.15) is 0 Å². The molecule has 0 aliphatic carbocycles. The van der Waals surface area contributed by atoms with Crippen molar-refractivity contribution in [3.8, 4) is 0 Å². The summed E-state index contributed by atoms with van der Waals surface area (Å²) >= 11 is 0. The molecule has 0 bridgehead atoms. The molecule has 0 saturated heterocycles. The Balaban J connectivity index is 0. The lowest BCUT2D eigenvalue weighted by Crippen LogP contribution is -2.26. The van der Waals surface area contributed by atoms with E-state index in [-0.39, 0.29) is 19.6 Å². The quantitative estimate of drug-likeness (QED) is 0.309. The SMILES string of the molecule is CCC(=O)O.NC(O)COCCOCCO. The van der Waals surface area contributed by atoms with E-state index < -0.39 is 12.2 Å². The van der Waals surface area contributed by atoms with Gasteiger partial charge in [0.1, 0.15) is 6.23 Å². The highest BCUT2D eigenvalue weighted by atomic mass is 16.5. The Kier molecular flexibility index (Phi) is 15.7. The van der Waals surface area contributed by atoms with Gasteiger partial charge in [-0.1, -0.05) is 6.92 Å². The summed E-state index contributed by atoms with van der Waals surface area (Å²) in [5, 5.41) is 24.5. The van der Waals surface area contributed by atoms with E-state index in [1.807, 2.05) is 0 Å². The number of nitrogens with two attached hydrogens (primary N) is 1. The highest BCUT2D eigenvalue weighted by Crippen LogP contribution is 1.79. The first-order valence-corrected chi connectivity index (χ1v) is 4.96.